The SMILES string of the molecule is O=C(c1ccccc1)[C@H]1CCCN(C(=O)c2ccccc2-c2nn[nH]n2)C1. The van der Waals surface area contributed by atoms with Gasteiger partial charge < -0.3 is 4.90 Å². The fourth-order valence-corrected chi connectivity index (χ4v) is 3.52. The smallest absolute Gasteiger partial charge is 0.254 e. The van der Waals surface area contributed by atoms with Crippen molar-refractivity contribution in [2.45, 2.75) is 12.8 Å². The van der Waals surface area contributed by atoms with Crippen molar-refractivity contribution in [2.24, 2.45) is 5.92 Å². The van der Waals surface area contributed by atoms with Crippen molar-refractivity contribution in [3.63, 3.8) is 0 Å². The molecule has 1 fully saturated rings. The largest absolute Gasteiger partial charge is 0.338 e. The summed E-state index contributed by atoms with van der Waals surface area (Å²) in [6.45, 7) is 1.06. The molecule has 7 heteroatoms. The van der Waals surface area contributed by atoms with Crippen LogP contribution in [0.1, 0.15) is 33.6 Å². The van der Waals surface area contributed by atoms with Gasteiger partial charge in [-0.05, 0) is 24.1 Å². The monoisotopic (exact) mass is 361 g/mol. The second-order valence-corrected chi connectivity index (χ2v) is 6.60. The van der Waals surface area contributed by atoms with Crippen molar-refractivity contribution in [2.75, 3.05) is 13.1 Å². The maximum atomic E-state index is 13.1. The summed E-state index contributed by atoms with van der Waals surface area (Å²) in [6.07, 6.45) is 1.60. The van der Waals surface area contributed by atoms with E-state index in [9.17, 15) is 9.59 Å². The van der Waals surface area contributed by atoms with Crippen LogP contribution in [0.2, 0.25) is 0 Å². The van der Waals surface area contributed by atoms with Crippen LogP contribution < -0.4 is 0 Å². The van der Waals surface area contributed by atoms with Gasteiger partial charge in [-0.2, -0.15) is 5.21 Å². The predicted molar refractivity (Wildman–Crippen MR) is 99.0 cm³/mol. The number of aromatic nitrogens is 4. The van der Waals surface area contributed by atoms with Crippen molar-refractivity contribution < 1.29 is 9.59 Å². The van der Waals surface area contributed by atoms with Gasteiger partial charge in [-0.25, -0.2) is 0 Å². The third-order valence-corrected chi connectivity index (χ3v) is 4.88. The van der Waals surface area contributed by atoms with E-state index in [1.807, 2.05) is 42.5 Å². The summed E-state index contributed by atoms with van der Waals surface area (Å²) in [5.41, 5.74) is 1.85. The molecule has 27 heavy (non-hydrogen) atoms. The van der Waals surface area contributed by atoms with Crippen LogP contribution in [0.4, 0.5) is 0 Å². The Hall–Kier alpha value is -3.35. The molecule has 1 atom stereocenters. The third kappa shape index (κ3) is 3.48. The Kier molecular flexibility index (Phi) is 4.74. The Balaban J connectivity index is 1.56. The zero-order valence-electron chi connectivity index (χ0n) is 14.7. The molecular weight excluding hydrogens is 342 g/mol. The minimum atomic E-state index is -0.178. The zero-order valence-corrected chi connectivity index (χ0v) is 14.7. The minimum absolute atomic E-state index is 0.0968. The topological polar surface area (TPSA) is 91.8 Å². The fourth-order valence-electron chi connectivity index (χ4n) is 3.52. The average molecular weight is 361 g/mol. The summed E-state index contributed by atoms with van der Waals surface area (Å²) >= 11 is 0. The van der Waals surface area contributed by atoms with E-state index in [4.69, 9.17) is 0 Å². The van der Waals surface area contributed by atoms with Gasteiger partial charge in [0.2, 0.25) is 5.82 Å². The number of benzene rings is 2. The number of amides is 1. The molecule has 0 spiro atoms. The lowest BCUT2D eigenvalue weighted by molar-refractivity contribution is 0.0637. The third-order valence-electron chi connectivity index (χ3n) is 4.88. The number of hydrogen-bond donors (Lipinski definition) is 1. The van der Waals surface area contributed by atoms with Crippen molar-refractivity contribution >= 4 is 11.7 Å². The van der Waals surface area contributed by atoms with Crippen LogP contribution >= 0.6 is 0 Å². The highest BCUT2D eigenvalue weighted by atomic mass is 16.2. The minimum Gasteiger partial charge on any atom is -0.338 e. The van der Waals surface area contributed by atoms with E-state index >= 15 is 0 Å². The maximum Gasteiger partial charge on any atom is 0.254 e. The first-order valence-electron chi connectivity index (χ1n) is 8.95. The summed E-state index contributed by atoms with van der Waals surface area (Å²) in [6, 6.07) is 16.5. The van der Waals surface area contributed by atoms with E-state index in [0.717, 1.165) is 12.8 Å². The van der Waals surface area contributed by atoms with Crippen molar-refractivity contribution in [1.82, 2.24) is 25.5 Å². The standard InChI is InChI=1S/C20H19N5O2/c26-18(14-7-2-1-3-8-14)15-9-6-12-25(13-15)20(27)17-11-5-4-10-16(17)19-21-23-24-22-19/h1-5,7-8,10-11,15H,6,9,12-13H2,(H,21,22,23,24)/t15-/m0/s1. The molecule has 1 aliphatic rings. The molecule has 1 aromatic heterocycles. The van der Waals surface area contributed by atoms with Crippen LogP contribution in [0, 0.1) is 5.92 Å². The summed E-state index contributed by atoms with van der Waals surface area (Å²) in [7, 11) is 0. The van der Waals surface area contributed by atoms with Crippen LogP contribution in [0.25, 0.3) is 11.4 Å². The Morgan fingerprint density at radius 1 is 1.04 bits per heavy atom. The fraction of sp³-hybridized carbons (Fsp3) is 0.250. The van der Waals surface area contributed by atoms with E-state index in [1.54, 1.807) is 17.0 Å². The van der Waals surface area contributed by atoms with Gasteiger partial charge in [0.25, 0.3) is 5.91 Å². The first kappa shape index (κ1) is 17.1. The number of nitrogens with one attached hydrogen (secondary N) is 1. The first-order valence-corrected chi connectivity index (χ1v) is 8.95. The van der Waals surface area contributed by atoms with E-state index in [1.165, 1.54) is 0 Å². The molecule has 2 heterocycles. The normalized spacial score (nSPS) is 16.9. The van der Waals surface area contributed by atoms with Crippen molar-refractivity contribution in [3.8, 4) is 11.4 Å². The number of rotatable bonds is 4. The van der Waals surface area contributed by atoms with Crippen LogP contribution in [0.15, 0.2) is 54.6 Å². The Labute approximate surface area is 156 Å². The maximum absolute atomic E-state index is 13.1. The lowest BCUT2D eigenvalue weighted by Gasteiger charge is -2.32. The van der Waals surface area contributed by atoms with Gasteiger partial charge in [0.15, 0.2) is 5.78 Å². The molecule has 1 saturated heterocycles. The highest BCUT2D eigenvalue weighted by molar-refractivity contribution is 6.01. The molecule has 0 bridgehead atoms. The highest BCUT2D eigenvalue weighted by Gasteiger charge is 2.30. The van der Waals surface area contributed by atoms with E-state index in [2.05, 4.69) is 20.6 Å². The molecule has 136 valence electrons. The summed E-state index contributed by atoms with van der Waals surface area (Å²) < 4.78 is 0. The number of nitrogens with zero attached hydrogens (tertiary/aromatic N) is 4. The number of H-pyrrole nitrogens is 1. The van der Waals surface area contributed by atoms with Gasteiger partial charge in [0, 0.05) is 30.1 Å². The van der Waals surface area contributed by atoms with Crippen LogP contribution in [0.3, 0.4) is 0 Å². The molecule has 1 N–H and O–H groups in total. The molecule has 2 aromatic carbocycles. The number of tetrazole rings is 1. The average Bonchev–Trinajstić information content (AvgIpc) is 3.28. The van der Waals surface area contributed by atoms with Crippen LogP contribution in [-0.4, -0.2) is 50.3 Å². The summed E-state index contributed by atoms with van der Waals surface area (Å²) in [4.78, 5) is 27.7. The van der Waals surface area contributed by atoms with E-state index in [-0.39, 0.29) is 17.6 Å². The van der Waals surface area contributed by atoms with Gasteiger partial charge in [0.05, 0.1) is 5.56 Å². The Bertz CT molecular complexity index is 940. The molecule has 0 radical (unpaired) electrons. The number of aromatic amines is 1. The van der Waals surface area contributed by atoms with Gasteiger partial charge in [-0.15, -0.1) is 10.2 Å². The predicted octanol–water partition coefficient (Wildman–Crippen LogP) is 2.60. The number of carbonyl (C=O) groups is 2. The molecule has 0 aliphatic carbocycles. The molecule has 1 aliphatic heterocycles. The number of hydrogen-bond acceptors (Lipinski definition) is 5. The summed E-state index contributed by atoms with van der Waals surface area (Å²) in [5.74, 6) is 0.191. The number of likely N-dealkylation sites (tertiary alicyclic amines) is 1. The lowest BCUT2D eigenvalue weighted by atomic mass is 9.89. The van der Waals surface area contributed by atoms with Crippen molar-refractivity contribution in [3.05, 3.63) is 65.7 Å². The van der Waals surface area contributed by atoms with Gasteiger partial charge in [-0.3, -0.25) is 9.59 Å². The molecule has 7 nitrogen and oxygen atoms in total. The molecule has 0 saturated carbocycles. The van der Waals surface area contributed by atoms with Crippen molar-refractivity contribution in [1.29, 1.82) is 0 Å². The zero-order chi connectivity index (χ0) is 18.6. The second kappa shape index (κ2) is 7.49. The number of Topliss-reactive ketones (excluding diaryl/α,β-unsaturated/α-hetero) is 1. The first-order chi connectivity index (χ1) is 13.2. The van der Waals surface area contributed by atoms with Gasteiger partial charge in [0.1, 0.15) is 0 Å². The number of ketones is 1. The molecular formula is C20H19N5O2. The van der Waals surface area contributed by atoms with Crippen LogP contribution in [0.5, 0.6) is 0 Å². The lowest BCUT2D eigenvalue weighted by Crippen LogP contribution is -2.42. The molecule has 3 aromatic rings. The van der Waals surface area contributed by atoms with E-state index < -0.39 is 0 Å². The summed E-state index contributed by atoms with van der Waals surface area (Å²) in [5, 5.41) is 14.0. The number of carbonyl (C=O) groups excluding carboxylic acids is 2. The molecule has 4 rings (SSSR count). The Morgan fingerprint density at radius 3 is 2.59 bits per heavy atom. The van der Waals surface area contributed by atoms with Gasteiger partial charge in [-0.1, -0.05) is 48.5 Å². The second-order valence-electron chi connectivity index (χ2n) is 6.60. The molecule has 1 amide bonds. The van der Waals surface area contributed by atoms with E-state index in [0.29, 0.717) is 35.6 Å². The van der Waals surface area contributed by atoms with Crippen LogP contribution in [-0.2, 0) is 0 Å². The quantitative estimate of drug-likeness (QED) is 0.721. The highest BCUT2D eigenvalue weighted by Crippen LogP contribution is 2.25. The number of piperidine rings is 1. The molecule has 0 unspecified atom stereocenters. The van der Waals surface area contributed by atoms with Gasteiger partial charge >= 0.3 is 0 Å². The Morgan fingerprint density at radius 2 is 1.81 bits per heavy atom.